The van der Waals surface area contributed by atoms with E-state index in [4.69, 9.17) is 4.74 Å². The molecule has 0 amide bonds. The third-order valence-electron chi connectivity index (χ3n) is 2.88. The summed E-state index contributed by atoms with van der Waals surface area (Å²) in [6.07, 6.45) is 1.89. The number of aryl methyl sites for hydroxylation is 1. The van der Waals surface area contributed by atoms with Crippen LogP contribution in [0.25, 0.3) is 0 Å². The van der Waals surface area contributed by atoms with E-state index >= 15 is 0 Å². The number of thiazole rings is 1. The number of ether oxygens (including phenoxy) is 1. The van der Waals surface area contributed by atoms with Crippen molar-refractivity contribution < 1.29 is 4.74 Å². The van der Waals surface area contributed by atoms with Crippen LogP contribution in [0.4, 0.5) is 0 Å². The highest BCUT2D eigenvalue weighted by Crippen LogP contribution is 2.24. The second-order valence-corrected chi connectivity index (χ2v) is 6.27. The molecule has 0 saturated carbocycles. The quantitative estimate of drug-likeness (QED) is 0.635. The van der Waals surface area contributed by atoms with E-state index in [1.54, 1.807) is 18.4 Å². The molecule has 1 aromatic rings. The minimum Gasteiger partial charge on any atom is -0.380 e. The summed E-state index contributed by atoms with van der Waals surface area (Å²) in [5.41, 5.74) is 0.245. The van der Waals surface area contributed by atoms with Gasteiger partial charge in [-0.2, -0.15) is 0 Å². The molecule has 0 aliphatic carbocycles. The van der Waals surface area contributed by atoms with Gasteiger partial charge in [-0.1, -0.05) is 6.92 Å². The average molecular weight is 268 g/mol. The lowest BCUT2D eigenvalue weighted by Gasteiger charge is -2.38. The zero-order valence-electron chi connectivity index (χ0n) is 11.1. The Balaban J connectivity index is 1.75. The van der Waals surface area contributed by atoms with Crippen LogP contribution in [0.1, 0.15) is 16.8 Å². The Bertz CT molecular complexity index is 425. The molecule has 0 radical (unpaired) electrons. The summed E-state index contributed by atoms with van der Waals surface area (Å²) in [6.45, 7) is 7.51. The predicted molar refractivity (Wildman–Crippen MR) is 74.0 cm³/mol. The van der Waals surface area contributed by atoms with Crippen molar-refractivity contribution >= 4 is 17.3 Å². The van der Waals surface area contributed by atoms with Crippen LogP contribution >= 0.6 is 11.3 Å². The Morgan fingerprint density at radius 2 is 2.33 bits per heavy atom. The molecule has 2 heterocycles. The zero-order valence-corrected chi connectivity index (χ0v) is 11.9. The summed E-state index contributed by atoms with van der Waals surface area (Å²) >= 11 is 1.70. The van der Waals surface area contributed by atoms with Crippen molar-refractivity contribution in [2.24, 2.45) is 10.4 Å². The average Bonchev–Trinajstić information content (AvgIpc) is 2.73. The number of hydrogen-bond donors (Lipinski definition) is 2. The first-order valence-corrected chi connectivity index (χ1v) is 6.86. The summed E-state index contributed by atoms with van der Waals surface area (Å²) in [4.78, 5) is 9.74. The fourth-order valence-corrected chi connectivity index (χ4v) is 2.44. The van der Waals surface area contributed by atoms with Crippen molar-refractivity contribution in [2.75, 3.05) is 26.8 Å². The Morgan fingerprint density at radius 1 is 1.56 bits per heavy atom. The van der Waals surface area contributed by atoms with Crippen LogP contribution in [0, 0.1) is 12.3 Å². The number of nitrogens with zero attached hydrogens (tertiary/aromatic N) is 2. The van der Waals surface area contributed by atoms with Crippen LogP contribution in [0.2, 0.25) is 0 Å². The van der Waals surface area contributed by atoms with E-state index in [0.717, 1.165) is 30.7 Å². The highest BCUT2D eigenvalue weighted by Gasteiger charge is 2.33. The summed E-state index contributed by atoms with van der Waals surface area (Å²) in [6, 6.07) is 0. The normalized spacial score (nSPS) is 18.3. The fraction of sp³-hybridized carbons (Fsp3) is 0.667. The van der Waals surface area contributed by atoms with Gasteiger partial charge in [0, 0.05) is 30.1 Å². The van der Waals surface area contributed by atoms with Gasteiger partial charge in [0.1, 0.15) is 5.01 Å². The Kier molecular flexibility index (Phi) is 4.19. The Labute approximate surface area is 112 Å². The molecule has 0 spiro atoms. The Hall–Kier alpha value is -1.14. The number of aromatic nitrogens is 1. The lowest BCUT2D eigenvalue weighted by Crippen LogP contribution is -2.50. The number of aliphatic imine (C=N–C) groups is 1. The molecule has 0 atom stereocenters. The molecule has 2 rings (SSSR count). The van der Waals surface area contributed by atoms with Gasteiger partial charge in [0.2, 0.25) is 0 Å². The van der Waals surface area contributed by atoms with Gasteiger partial charge in [-0.3, -0.25) is 4.99 Å². The van der Waals surface area contributed by atoms with Crippen LogP contribution in [0.3, 0.4) is 0 Å². The molecule has 1 saturated heterocycles. The second kappa shape index (κ2) is 5.67. The Morgan fingerprint density at radius 3 is 2.83 bits per heavy atom. The first kappa shape index (κ1) is 13.3. The maximum atomic E-state index is 5.23. The number of rotatable bonds is 4. The van der Waals surface area contributed by atoms with E-state index in [2.05, 4.69) is 34.5 Å². The van der Waals surface area contributed by atoms with E-state index < -0.39 is 0 Å². The van der Waals surface area contributed by atoms with Crippen LogP contribution in [-0.4, -0.2) is 37.7 Å². The standard InChI is InChI=1S/C12H20N4OS/c1-9-4-14-10(18-9)5-15-11(13-3)16-6-12(2)7-17-8-12/h4H,5-8H2,1-3H3,(H2,13,15,16). The van der Waals surface area contributed by atoms with E-state index in [9.17, 15) is 0 Å². The summed E-state index contributed by atoms with van der Waals surface area (Å²) in [5.74, 6) is 0.816. The molecule has 2 N–H and O–H groups in total. The van der Waals surface area contributed by atoms with Crippen molar-refractivity contribution in [3.63, 3.8) is 0 Å². The molecule has 18 heavy (non-hydrogen) atoms. The fourth-order valence-electron chi connectivity index (χ4n) is 1.71. The smallest absolute Gasteiger partial charge is 0.191 e. The monoisotopic (exact) mass is 268 g/mol. The van der Waals surface area contributed by atoms with Crippen LogP contribution in [0.5, 0.6) is 0 Å². The highest BCUT2D eigenvalue weighted by molar-refractivity contribution is 7.11. The molecule has 1 aliphatic rings. The third-order valence-corrected chi connectivity index (χ3v) is 3.80. The minimum absolute atomic E-state index is 0.245. The van der Waals surface area contributed by atoms with Gasteiger partial charge >= 0.3 is 0 Å². The molecule has 5 nitrogen and oxygen atoms in total. The number of guanidine groups is 1. The minimum atomic E-state index is 0.245. The van der Waals surface area contributed by atoms with Crippen molar-refractivity contribution in [3.8, 4) is 0 Å². The largest absolute Gasteiger partial charge is 0.380 e. The second-order valence-electron chi connectivity index (χ2n) is 4.95. The van der Waals surface area contributed by atoms with Gasteiger partial charge in [-0.25, -0.2) is 4.98 Å². The summed E-state index contributed by atoms with van der Waals surface area (Å²) < 4.78 is 5.23. The van der Waals surface area contributed by atoms with Crippen LogP contribution in [-0.2, 0) is 11.3 Å². The van der Waals surface area contributed by atoms with E-state index in [-0.39, 0.29) is 5.41 Å². The molecule has 1 fully saturated rings. The topological polar surface area (TPSA) is 58.5 Å². The third kappa shape index (κ3) is 3.43. The lowest BCUT2D eigenvalue weighted by atomic mass is 9.89. The van der Waals surface area contributed by atoms with E-state index in [0.29, 0.717) is 6.54 Å². The first-order chi connectivity index (χ1) is 8.61. The molecule has 100 valence electrons. The highest BCUT2D eigenvalue weighted by atomic mass is 32.1. The van der Waals surface area contributed by atoms with Gasteiger partial charge in [-0.05, 0) is 6.92 Å². The molecule has 0 unspecified atom stereocenters. The van der Waals surface area contributed by atoms with Gasteiger partial charge in [0.25, 0.3) is 0 Å². The van der Waals surface area contributed by atoms with Crippen molar-refractivity contribution in [1.82, 2.24) is 15.6 Å². The van der Waals surface area contributed by atoms with E-state index in [1.165, 1.54) is 4.88 Å². The zero-order chi connectivity index (χ0) is 13.0. The molecule has 1 aromatic heterocycles. The van der Waals surface area contributed by atoms with Gasteiger partial charge in [0.05, 0.1) is 19.8 Å². The molecular formula is C12H20N4OS. The molecule has 6 heteroatoms. The first-order valence-electron chi connectivity index (χ1n) is 6.05. The molecule has 0 bridgehead atoms. The maximum absolute atomic E-state index is 5.23. The van der Waals surface area contributed by atoms with Gasteiger partial charge < -0.3 is 15.4 Å². The van der Waals surface area contributed by atoms with E-state index in [1.807, 2.05) is 6.20 Å². The molecular weight excluding hydrogens is 248 g/mol. The molecule has 1 aliphatic heterocycles. The van der Waals surface area contributed by atoms with Crippen molar-refractivity contribution in [1.29, 1.82) is 0 Å². The van der Waals surface area contributed by atoms with Gasteiger partial charge in [0.15, 0.2) is 5.96 Å². The maximum Gasteiger partial charge on any atom is 0.191 e. The molecule has 0 aromatic carbocycles. The van der Waals surface area contributed by atoms with Crippen LogP contribution < -0.4 is 10.6 Å². The van der Waals surface area contributed by atoms with Crippen molar-refractivity contribution in [2.45, 2.75) is 20.4 Å². The summed E-state index contributed by atoms with van der Waals surface area (Å²) in [5, 5.41) is 7.67. The number of hydrogen-bond acceptors (Lipinski definition) is 4. The lowest BCUT2D eigenvalue weighted by molar-refractivity contribution is -0.0971. The number of nitrogens with one attached hydrogen (secondary N) is 2. The predicted octanol–water partition coefficient (Wildman–Crippen LogP) is 1.15. The SMILES string of the molecule is CN=C(NCc1ncc(C)s1)NCC1(C)COC1. The van der Waals surface area contributed by atoms with Crippen molar-refractivity contribution in [3.05, 3.63) is 16.1 Å². The van der Waals surface area contributed by atoms with Crippen LogP contribution in [0.15, 0.2) is 11.2 Å². The summed E-state index contributed by atoms with van der Waals surface area (Å²) in [7, 11) is 1.78. The van der Waals surface area contributed by atoms with Gasteiger partial charge in [-0.15, -0.1) is 11.3 Å².